The van der Waals surface area contributed by atoms with E-state index in [0.717, 1.165) is 32.0 Å². The van der Waals surface area contributed by atoms with E-state index >= 15 is 0 Å². The van der Waals surface area contributed by atoms with Gasteiger partial charge in [-0.15, -0.1) is 0 Å². The van der Waals surface area contributed by atoms with Gasteiger partial charge in [0.2, 0.25) is 0 Å². The largest absolute Gasteiger partial charge is 0.449 e. The van der Waals surface area contributed by atoms with E-state index < -0.39 is 0 Å². The standard InChI is InChI=1S/C32H36N4O2/c1-3-35-29-14-13-23(22-15-17-33-18-16-22)19-30(29)36(4-2)31(35)20-34-32(37)38-21-28-26-11-7-5-9-24(26)25-10-6-8-12-27(25)28/h5-14,19,22,28,33H,3-4,15-18,20-21H2,1-2H3/p+1. The van der Waals surface area contributed by atoms with Crippen LogP contribution in [0.15, 0.2) is 66.7 Å². The maximum Gasteiger partial charge on any atom is 0.407 e. The smallest absolute Gasteiger partial charge is 0.407 e. The third-order valence-corrected chi connectivity index (χ3v) is 8.38. The van der Waals surface area contributed by atoms with Crippen LogP contribution in [0, 0.1) is 0 Å². The van der Waals surface area contributed by atoms with Gasteiger partial charge in [0.15, 0.2) is 11.0 Å². The fraction of sp³-hybridized carbons (Fsp3) is 0.375. The molecular formula is C32H37N4O2+. The number of nitrogens with zero attached hydrogens (tertiary/aromatic N) is 2. The third kappa shape index (κ3) is 4.37. The van der Waals surface area contributed by atoms with E-state index in [1.165, 1.54) is 51.7 Å². The zero-order chi connectivity index (χ0) is 26.1. The Morgan fingerprint density at radius 1 is 1.00 bits per heavy atom. The number of aryl methyl sites for hydroxylation is 2. The third-order valence-electron chi connectivity index (χ3n) is 8.38. The van der Waals surface area contributed by atoms with E-state index in [-0.39, 0.29) is 12.0 Å². The Morgan fingerprint density at radius 3 is 2.34 bits per heavy atom. The van der Waals surface area contributed by atoms with E-state index in [1.807, 2.05) is 0 Å². The van der Waals surface area contributed by atoms with Crippen molar-refractivity contribution in [2.24, 2.45) is 0 Å². The van der Waals surface area contributed by atoms with Gasteiger partial charge < -0.3 is 15.4 Å². The van der Waals surface area contributed by atoms with Crippen LogP contribution in [0.2, 0.25) is 0 Å². The van der Waals surface area contributed by atoms with Gasteiger partial charge in [0, 0.05) is 5.92 Å². The van der Waals surface area contributed by atoms with Crippen molar-refractivity contribution in [3.8, 4) is 11.1 Å². The topological polar surface area (TPSA) is 59.2 Å². The zero-order valence-electron chi connectivity index (χ0n) is 22.4. The Morgan fingerprint density at radius 2 is 1.68 bits per heavy atom. The molecule has 38 heavy (non-hydrogen) atoms. The predicted octanol–water partition coefficient (Wildman–Crippen LogP) is 5.47. The number of benzene rings is 3. The van der Waals surface area contributed by atoms with Gasteiger partial charge in [0.1, 0.15) is 13.2 Å². The summed E-state index contributed by atoms with van der Waals surface area (Å²) in [6.07, 6.45) is 1.99. The molecule has 1 amide bonds. The van der Waals surface area contributed by atoms with E-state index in [0.29, 0.717) is 19.1 Å². The molecule has 6 rings (SSSR count). The van der Waals surface area contributed by atoms with Crippen molar-refractivity contribution in [2.45, 2.75) is 58.2 Å². The van der Waals surface area contributed by atoms with Gasteiger partial charge in [-0.2, -0.15) is 0 Å². The first-order valence-corrected chi connectivity index (χ1v) is 14.0. The van der Waals surface area contributed by atoms with Crippen molar-refractivity contribution < 1.29 is 14.1 Å². The molecular weight excluding hydrogens is 472 g/mol. The Labute approximate surface area is 224 Å². The van der Waals surface area contributed by atoms with Gasteiger partial charge in [-0.25, -0.2) is 13.9 Å². The lowest BCUT2D eigenvalue weighted by atomic mass is 9.90. The number of hydrogen-bond acceptors (Lipinski definition) is 3. The van der Waals surface area contributed by atoms with Gasteiger partial charge >= 0.3 is 6.09 Å². The molecule has 2 heterocycles. The quantitative estimate of drug-likeness (QED) is 0.325. The molecule has 4 aromatic rings. The Balaban J connectivity index is 1.18. The van der Waals surface area contributed by atoms with Crippen LogP contribution in [0.4, 0.5) is 4.79 Å². The van der Waals surface area contributed by atoms with Crippen LogP contribution in [0.3, 0.4) is 0 Å². The van der Waals surface area contributed by atoms with Crippen molar-refractivity contribution in [1.82, 2.24) is 15.2 Å². The summed E-state index contributed by atoms with van der Waals surface area (Å²) in [6, 6.07) is 23.8. The highest BCUT2D eigenvalue weighted by Crippen LogP contribution is 2.44. The van der Waals surface area contributed by atoms with Crippen LogP contribution in [0.5, 0.6) is 0 Å². The molecule has 2 aliphatic rings. The fourth-order valence-electron chi connectivity index (χ4n) is 6.52. The van der Waals surface area contributed by atoms with E-state index in [2.05, 4.69) is 100 Å². The minimum atomic E-state index is -0.377. The molecule has 1 aliphatic heterocycles. The maximum atomic E-state index is 12.9. The molecule has 196 valence electrons. The Hall–Kier alpha value is -3.64. The molecule has 0 bridgehead atoms. The van der Waals surface area contributed by atoms with Gasteiger partial charge in [0.25, 0.3) is 5.82 Å². The highest BCUT2D eigenvalue weighted by atomic mass is 16.5. The molecule has 1 fully saturated rings. The summed E-state index contributed by atoms with van der Waals surface area (Å²) in [5.41, 5.74) is 8.80. The molecule has 0 spiro atoms. The highest BCUT2D eigenvalue weighted by Gasteiger charge is 2.30. The molecule has 1 aromatic heterocycles. The SMILES string of the molecule is CCn1c(CNC(=O)OCC2c3ccccc3-c3ccccc32)[n+](CC)c2ccc(C3CCNCC3)cc21. The number of ether oxygens (including phenoxy) is 1. The number of hydrogen-bond donors (Lipinski definition) is 2. The lowest BCUT2D eigenvalue weighted by Gasteiger charge is -2.22. The lowest BCUT2D eigenvalue weighted by molar-refractivity contribution is -0.676. The number of alkyl carbamates (subject to hydrolysis) is 1. The van der Waals surface area contributed by atoms with Gasteiger partial charge in [-0.3, -0.25) is 0 Å². The average molecular weight is 510 g/mol. The number of imidazole rings is 1. The highest BCUT2D eigenvalue weighted by molar-refractivity contribution is 5.79. The molecule has 1 saturated heterocycles. The summed E-state index contributed by atoms with van der Waals surface area (Å²) in [5.74, 6) is 1.77. The molecule has 1 aliphatic carbocycles. The molecule has 6 nitrogen and oxygen atoms in total. The van der Waals surface area contributed by atoms with E-state index in [1.54, 1.807) is 0 Å². The first-order chi connectivity index (χ1) is 18.7. The zero-order valence-corrected chi connectivity index (χ0v) is 22.4. The summed E-state index contributed by atoms with van der Waals surface area (Å²) < 4.78 is 10.5. The van der Waals surface area contributed by atoms with Crippen LogP contribution in [0.1, 0.15) is 61.0 Å². The van der Waals surface area contributed by atoms with Crippen LogP contribution < -0.4 is 15.2 Å². The van der Waals surface area contributed by atoms with Gasteiger partial charge in [0.05, 0.1) is 13.1 Å². The van der Waals surface area contributed by atoms with E-state index in [9.17, 15) is 4.79 Å². The lowest BCUT2D eigenvalue weighted by Crippen LogP contribution is -2.40. The molecule has 2 N–H and O–H groups in total. The van der Waals surface area contributed by atoms with Crippen molar-refractivity contribution >= 4 is 17.1 Å². The molecule has 0 unspecified atom stereocenters. The maximum absolute atomic E-state index is 12.9. The van der Waals surface area contributed by atoms with E-state index in [4.69, 9.17) is 4.74 Å². The molecule has 6 heteroatoms. The number of nitrogens with one attached hydrogen (secondary N) is 2. The Bertz CT molecular complexity index is 1420. The van der Waals surface area contributed by atoms with Crippen LogP contribution in [0.25, 0.3) is 22.2 Å². The second-order valence-corrected chi connectivity index (χ2v) is 10.4. The number of carbonyl (C=O) groups is 1. The van der Waals surface area contributed by atoms with Crippen molar-refractivity contribution in [1.29, 1.82) is 0 Å². The molecule has 0 atom stereocenters. The van der Waals surface area contributed by atoms with Crippen molar-refractivity contribution in [3.63, 3.8) is 0 Å². The monoisotopic (exact) mass is 509 g/mol. The summed E-state index contributed by atoms with van der Waals surface area (Å²) in [4.78, 5) is 12.9. The average Bonchev–Trinajstić information content (AvgIpc) is 3.46. The van der Waals surface area contributed by atoms with Gasteiger partial charge in [-0.05, 0) is 85.6 Å². The number of aromatic nitrogens is 2. The van der Waals surface area contributed by atoms with Crippen LogP contribution in [-0.4, -0.2) is 30.4 Å². The number of carbonyl (C=O) groups excluding carboxylic acids is 1. The predicted molar refractivity (Wildman–Crippen MR) is 150 cm³/mol. The summed E-state index contributed by atoms with van der Waals surface area (Å²) >= 11 is 0. The number of rotatable bonds is 7. The van der Waals surface area contributed by atoms with Crippen LogP contribution >= 0.6 is 0 Å². The first kappa shape index (κ1) is 24.7. The molecule has 3 aromatic carbocycles. The number of fused-ring (bicyclic) bond motifs is 4. The minimum absolute atomic E-state index is 0.0595. The second kappa shape index (κ2) is 10.6. The second-order valence-electron chi connectivity index (χ2n) is 10.4. The summed E-state index contributed by atoms with van der Waals surface area (Å²) in [6.45, 7) is 8.95. The fourth-order valence-corrected chi connectivity index (χ4v) is 6.52. The van der Waals surface area contributed by atoms with Gasteiger partial charge in [-0.1, -0.05) is 54.6 Å². The first-order valence-electron chi connectivity index (χ1n) is 14.0. The number of piperidine rings is 1. The van der Waals surface area contributed by atoms with Crippen molar-refractivity contribution in [2.75, 3.05) is 19.7 Å². The Kier molecular flexibility index (Phi) is 6.90. The summed E-state index contributed by atoms with van der Waals surface area (Å²) in [5, 5.41) is 6.52. The normalized spacial score (nSPS) is 15.4. The minimum Gasteiger partial charge on any atom is -0.449 e. The van der Waals surface area contributed by atoms with Crippen LogP contribution in [-0.2, 0) is 24.4 Å². The summed E-state index contributed by atoms with van der Waals surface area (Å²) in [7, 11) is 0. The molecule has 0 radical (unpaired) electrons. The molecule has 0 saturated carbocycles. The van der Waals surface area contributed by atoms with Crippen molar-refractivity contribution in [3.05, 3.63) is 89.2 Å². The number of amides is 1.